The average molecular weight is 223 g/mol. The first kappa shape index (κ1) is 13.3. The molecule has 1 amide bonds. The summed E-state index contributed by atoms with van der Waals surface area (Å²) in [4.78, 5) is 14.3. The van der Waals surface area contributed by atoms with Gasteiger partial charge in [0.05, 0.1) is 5.41 Å². The maximum absolute atomic E-state index is 12.4. The van der Waals surface area contributed by atoms with Crippen molar-refractivity contribution >= 4 is 5.91 Å². The molecule has 0 aromatic rings. The smallest absolute Gasteiger partial charge is 0.233 e. The molecule has 16 heavy (non-hydrogen) atoms. The summed E-state index contributed by atoms with van der Waals surface area (Å²) in [5.41, 5.74) is 0.906. The minimum atomic E-state index is -0.250. The van der Waals surface area contributed by atoms with Crippen molar-refractivity contribution in [1.29, 1.82) is 0 Å². The van der Waals surface area contributed by atoms with Crippen LogP contribution in [0.25, 0.3) is 0 Å². The van der Waals surface area contributed by atoms with Gasteiger partial charge in [0.15, 0.2) is 0 Å². The number of rotatable bonds is 2. The molecule has 0 radical (unpaired) electrons. The van der Waals surface area contributed by atoms with Crippen LogP contribution in [0.1, 0.15) is 54.4 Å². The van der Waals surface area contributed by atoms with Crippen LogP contribution >= 0.6 is 0 Å². The molecule has 1 saturated heterocycles. The molecule has 0 saturated carbocycles. The van der Waals surface area contributed by atoms with Crippen molar-refractivity contribution in [1.82, 2.24) is 4.90 Å². The summed E-state index contributed by atoms with van der Waals surface area (Å²) < 4.78 is 0. The van der Waals surface area contributed by atoms with Crippen molar-refractivity contribution in [3.8, 4) is 0 Å². The first-order valence-corrected chi connectivity index (χ1v) is 6.08. The number of hydrogen-bond acceptors (Lipinski definition) is 1. The average Bonchev–Trinajstić information content (AvgIpc) is 2.17. The van der Waals surface area contributed by atoms with Crippen LogP contribution in [-0.4, -0.2) is 16.8 Å². The fraction of sp³-hybridized carbons (Fsp3) is 0.786. The van der Waals surface area contributed by atoms with Gasteiger partial charge < -0.3 is 4.90 Å². The van der Waals surface area contributed by atoms with E-state index in [9.17, 15) is 4.79 Å². The zero-order valence-corrected chi connectivity index (χ0v) is 11.6. The van der Waals surface area contributed by atoms with Crippen LogP contribution < -0.4 is 0 Å². The van der Waals surface area contributed by atoms with Gasteiger partial charge in [-0.3, -0.25) is 4.79 Å². The molecular formula is C14H25NO. The largest absolute Gasteiger partial charge is 0.314 e. The Morgan fingerprint density at radius 1 is 1.44 bits per heavy atom. The van der Waals surface area contributed by atoms with E-state index in [1.807, 2.05) is 18.7 Å². The first-order chi connectivity index (χ1) is 7.07. The van der Waals surface area contributed by atoms with Gasteiger partial charge >= 0.3 is 0 Å². The van der Waals surface area contributed by atoms with Gasteiger partial charge in [-0.1, -0.05) is 34.3 Å². The molecule has 1 atom stereocenters. The number of carbonyl (C=O) groups excluding carboxylic acids is 1. The monoisotopic (exact) mass is 223 g/mol. The second-order valence-corrected chi connectivity index (χ2v) is 6.81. The highest BCUT2D eigenvalue weighted by Gasteiger charge is 2.47. The molecule has 2 nitrogen and oxygen atoms in total. The van der Waals surface area contributed by atoms with E-state index in [1.54, 1.807) is 0 Å². The molecule has 1 aliphatic rings. The van der Waals surface area contributed by atoms with Crippen molar-refractivity contribution in [3.63, 3.8) is 0 Å². The van der Waals surface area contributed by atoms with Gasteiger partial charge in [-0.05, 0) is 25.7 Å². The fourth-order valence-corrected chi connectivity index (χ4v) is 2.95. The maximum Gasteiger partial charge on any atom is 0.233 e. The summed E-state index contributed by atoms with van der Waals surface area (Å²) in [7, 11) is 0. The van der Waals surface area contributed by atoms with Crippen LogP contribution in [0.15, 0.2) is 12.3 Å². The minimum Gasteiger partial charge on any atom is -0.314 e. The quantitative estimate of drug-likeness (QED) is 0.700. The topological polar surface area (TPSA) is 20.3 Å². The molecule has 1 heterocycles. The van der Waals surface area contributed by atoms with Gasteiger partial charge in [0.25, 0.3) is 0 Å². The van der Waals surface area contributed by atoms with Crippen LogP contribution in [-0.2, 0) is 4.79 Å². The van der Waals surface area contributed by atoms with Crippen molar-refractivity contribution in [2.24, 2.45) is 10.8 Å². The number of amides is 1. The Labute approximate surface area is 99.7 Å². The summed E-state index contributed by atoms with van der Waals surface area (Å²) in [6.07, 6.45) is 1.72. The third-order valence-electron chi connectivity index (χ3n) is 3.11. The highest BCUT2D eigenvalue weighted by Crippen LogP contribution is 2.45. The number of carbonyl (C=O) groups is 1. The molecule has 2 heteroatoms. The highest BCUT2D eigenvalue weighted by atomic mass is 16.2. The molecule has 1 fully saturated rings. The molecule has 92 valence electrons. The van der Waals surface area contributed by atoms with E-state index in [4.69, 9.17) is 0 Å². The Kier molecular flexibility index (Phi) is 3.24. The summed E-state index contributed by atoms with van der Waals surface area (Å²) in [5, 5.41) is 0. The van der Waals surface area contributed by atoms with Crippen LogP contribution in [0, 0.1) is 10.8 Å². The second-order valence-electron chi connectivity index (χ2n) is 6.81. The lowest BCUT2D eigenvalue weighted by Gasteiger charge is -2.31. The third kappa shape index (κ3) is 2.47. The van der Waals surface area contributed by atoms with Crippen LogP contribution in [0.5, 0.6) is 0 Å². The number of nitrogens with zero attached hydrogens (tertiary/aromatic N) is 1. The molecule has 0 aromatic heterocycles. The van der Waals surface area contributed by atoms with Gasteiger partial charge in [-0.2, -0.15) is 0 Å². The van der Waals surface area contributed by atoms with E-state index < -0.39 is 0 Å². The van der Waals surface area contributed by atoms with E-state index in [1.165, 1.54) is 0 Å². The van der Waals surface area contributed by atoms with E-state index in [0.29, 0.717) is 0 Å². The lowest BCUT2D eigenvalue weighted by Crippen LogP contribution is -2.38. The van der Waals surface area contributed by atoms with E-state index in [-0.39, 0.29) is 22.8 Å². The van der Waals surface area contributed by atoms with Crippen molar-refractivity contribution < 1.29 is 4.79 Å². The third-order valence-corrected chi connectivity index (χ3v) is 3.11. The van der Waals surface area contributed by atoms with Crippen molar-refractivity contribution in [2.75, 3.05) is 0 Å². The predicted molar refractivity (Wildman–Crippen MR) is 67.9 cm³/mol. The molecule has 1 unspecified atom stereocenters. The van der Waals surface area contributed by atoms with Gasteiger partial charge in [0, 0.05) is 18.2 Å². The standard InChI is InChI=1S/C14H25NO/c1-10(2)15-11(3)8-14(7,12(15)16)9-13(4,5)6/h10H,3,8-9H2,1-2,4-7H3. The Bertz CT molecular complexity index is 311. The van der Waals surface area contributed by atoms with Crippen LogP contribution in [0.2, 0.25) is 0 Å². The van der Waals surface area contributed by atoms with Crippen LogP contribution in [0.4, 0.5) is 0 Å². The van der Waals surface area contributed by atoms with Crippen molar-refractivity contribution in [2.45, 2.75) is 60.4 Å². The van der Waals surface area contributed by atoms with Gasteiger partial charge in [-0.15, -0.1) is 0 Å². The lowest BCUT2D eigenvalue weighted by molar-refractivity contribution is -0.137. The van der Waals surface area contributed by atoms with Crippen molar-refractivity contribution in [3.05, 3.63) is 12.3 Å². The first-order valence-electron chi connectivity index (χ1n) is 6.08. The summed E-state index contributed by atoms with van der Waals surface area (Å²) in [5.74, 6) is 0.252. The SMILES string of the molecule is C=C1CC(C)(CC(C)(C)C)C(=O)N1C(C)C. The second kappa shape index (κ2) is 3.90. The fourth-order valence-electron chi connectivity index (χ4n) is 2.95. The zero-order chi connectivity index (χ0) is 12.7. The maximum atomic E-state index is 12.4. The van der Waals surface area contributed by atoms with E-state index >= 15 is 0 Å². The van der Waals surface area contributed by atoms with Crippen LogP contribution in [0.3, 0.4) is 0 Å². The number of likely N-dealkylation sites (tertiary alicyclic amines) is 1. The number of hydrogen-bond donors (Lipinski definition) is 0. The Morgan fingerprint density at radius 2 is 1.94 bits per heavy atom. The van der Waals surface area contributed by atoms with Gasteiger partial charge in [0.1, 0.15) is 0 Å². The normalized spacial score (nSPS) is 27.1. The molecular weight excluding hydrogens is 198 g/mol. The van der Waals surface area contributed by atoms with Gasteiger partial charge in [-0.25, -0.2) is 0 Å². The molecule has 0 aromatic carbocycles. The molecule has 1 rings (SSSR count). The predicted octanol–water partition coefficient (Wildman–Crippen LogP) is 3.58. The molecule has 1 aliphatic heterocycles. The summed E-state index contributed by atoms with van der Waals surface area (Å²) in [6, 6.07) is 0.224. The minimum absolute atomic E-state index is 0.178. The molecule has 0 spiro atoms. The Balaban J connectivity index is 2.94. The lowest BCUT2D eigenvalue weighted by atomic mass is 9.74. The molecule has 0 bridgehead atoms. The molecule has 0 N–H and O–H groups in total. The van der Waals surface area contributed by atoms with E-state index in [0.717, 1.165) is 18.5 Å². The summed E-state index contributed by atoms with van der Waals surface area (Å²) >= 11 is 0. The molecule has 0 aliphatic carbocycles. The Hall–Kier alpha value is -0.790. The summed E-state index contributed by atoms with van der Waals surface area (Å²) in [6.45, 7) is 16.8. The zero-order valence-electron chi connectivity index (χ0n) is 11.6. The number of allylic oxidation sites excluding steroid dienone is 1. The van der Waals surface area contributed by atoms with E-state index in [2.05, 4.69) is 34.3 Å². The Morgan fingerprint density at radius 3 is 2.25 bits per heavy atom. The van der Waals surface area contributed by atoms with Gasteiger partial charge in [0.2, 0.25) is 5.91 Å². The highest BCUT2D eigenvalue weighted by molar-refractivity contribution is 5.87.